The number of rotatable bonds is 4. The quantitative estimate of drug-likeness (QED) is 0.553. The number of carbonyl (C=O) groups excluding carboxylic acids is 2. The number of hydrogen-bond donors (Lipinski definition) is 0. The molecule has 0 saturated carbocycles. The minimum absolute atomic E-state index is 0.00245. The van der Waals surface area contributed by atoms with Gasteiger partial charge in [-0.1, -0.05) is 12.1 Å². The van der Waals surface area contributed by atoms with E-state index in [2.05, 4.69) is 4.90 Å². The predicted molar refractivity (Wildman–Crippen MR) is 103 cm³/mol. The van der Waals surface area contributed by atoms with Gasteiger partial charge in [-0.25, -0.2) is 0 Å². The monoisotopic (exact) mass is 408 g/mol. The number of amides is 1. The zero-order chi connectivity index (χ0) is 20.3. The molecule has 1 amide bonds. The highest BCUT2D eigenvalue weighted by Gasteiger charge is 2.32. The summed E-state index contributed by atoms with van der Waals surface area (Å²) in [5.41, 5.74) is -2.79. The summed E-state index contributed by atoms with van der Waals surface area (Å²) in [6.45, 7) is 3.48. The number of thioether (sulfide) groups is 1. The van der Waals surface area contributed by atoms with Crippen LogP contribution in [0.3, 0.4) is 0 Å². The Hall–Kier alpha value is -2.48. The van der Waals surface area contributed by atoms with E-state index >= 15 is 0 Å². The normalized spacial score (nSPS) is 14.9. The van der Waals surface area contributed by atoms with Crippen molar-refractivity contribution >= 4 is 29.1 Å². The number of alkyl halides is 3. The molecule has 8 heteroatoms. The van der Waals surface area contributed by atoms with Crippen molar-refractivity contribution in [3.63, 3.8) is 0 Å². The molecule has 0 atom stereocenters. The van der Waals surface area contributed by atoms with E-state index in [4.69, 9.17) is 0 Å². The third kappa shape index (κ3) is 4.86. The van der Waals surface area contributed by atoms with Gasteiger partial charge in [0.15, 0.2) is 5.78 Å². The first-order valence-corrected chi connectivity index (χ1v) is 9.56. The summed E-state index contributed by atoms with van der Waals surface area (Å²) >= 11 is -0.265. The van der Waals surface area contributed by atoms with Crippen molar-refractivity contribution in [1.82, 2.24) is 4.90 Å². The topological polar surface area (TPSA) is 40.6 Å². The lowest BCUT2D eigenvalue weighted by Gasteiger charge is -2.36. The van der Waals surface area contributed by atoms with Crippen LogP contribution in [0, 0.1) is 0 Å². The lowest BCUT2D eigenvalue weighted by atomic mass is 10.1. The minimum atomic E-state index is -4.44. The van der Waals surface area contributed by atoms with E-state index < -0.39 is 5.51 Å². The molecular weight excluding hydrogens is 389 g/mol. The van der Waals surface area contributed by atoms with Crippen LogP contribution >= 0.6 is 11.8 Å². The third-order valence-corrected chi connectivity index (χ3v) is 5.36. The molecule has 148 valence electrons. The van der Waals surface area contributed by atoms with Crippen molar-refractivity contribution in [1.29, 1.82) is 0 Å². The maximum atomic E-state index is 12.8. The molecule has 1 fully saturated rings. The Morgan fingerprint density at radius 1 is 0.929 bits per heavy atom. The fraction of sp³-hybridized carbons (Fsp3) is 0.300. The molecule has 1 aliphatic rings. The number of halogens is 3. The van der Waals surface area contributed by atoms with Crippen molar-refractivity contribution in [2.24, 2.45) is 0 Å². The number of benzene rings is 2. The molecule has 4 nitrogen and oxygen atoms in total. The van der Waals surface area contributed by atoms with Gasteiger partial charge in [0.2, 0.25) is 0 Å². The first kappa shape index (κ1) is 20.3. The summed E-state index contributed by atoms with van der Waals surface area (Å²) in [5.74, 6) is -0.392. The molecule has 3 rings (SSSR count). The van der Waals surface area contributed by atoms with E-state index in [0.29, 0.717) is 31.7 Å². The lowest BCUT2D eigenvalue weighted by Crippen LogP contribution is -2.48. The Labute approximate surface area is 165 Å². The van der Waals surface area contributed by atoms with E-state index in [1.165, 1.54) is 25.1 Å². The molecule has 0 N–H and O–H groups in total. The van der Waals surface area contributed by atoms with Gasteiger partial charge < -0.3 is 9.80 Å². The van der Waals surface area contributed by atoms with E-state index in [0.717, 1.165) is 5.69 Å². The van der Waals surface area contributed by atoms with Crippen LogP contribution < -0.4 is 4.90 Å². The second kappa shape index (κ2) is 8.26. The lowest BCUT2D eigenvalue weighted by molar-refractivity contribution is -0.0328. The van der Waals surface area contributed by atoms with Gasteiger partial charge in [0.25, 0.3) is 5.91 Å². The Bertz CT molecular complexity index is 860. The molecule has 0 unspecified atom stereocenters. The molecule has 0 spiro atoms. The molecule has 28 heavy (non-hydrogen) atoms. The number of nitrogens with zero attached hydrogens (tertiary/aromatic N) is 2. The van der Waals surface area contributed by atoms with Gasteiger partial charge in [0.05, 0.1) is 5.56 Å². The van der Waals surface area contributed by atoms with Gasteiger partial charge in [0.1, 0.15) is 0 Å². The first-order chi connectivity index (χ1) is 13.2. The van der Waals surface area contributed by atoms with E-state index in [-0.39, 0.29) is 33.9 Å². The van der Waals surface area contributed by atoms with Crippen LogP contribution in [0.15, 0.2) is 53.4 Å². The molecule has 2 aromatic carbocycles. The zero-order valence-corrected chi connectivity index (χ0v) is 16.0. The standard InChI is InChI=1S/C20H19F3N2O2S/c1-14(26)15-6-8-16(9-7-15)24-10-12-25(13-11-24)19(27)17-4-2-3-5-18(17)28-20(21,22)23/h2-9H,10-13H2,1H3. The van der Waals surface area contributed by atoms with Gasteiger partial charge >= 0.3 is 5.51 Å². The molecule has 2 aromatic rings. The molecule has 0 radical (unpaired) electrons. The zero-order valence-electron chi connectivity index (χ0n) is 15.2. The van der Waals surface area contributed by atoms with Crippen molar-refractivity contribution < 1.29 is 22.8 Å². The fourth-order valence-corrected chi connectivity index (χ4v) is 3.76. The van der Waals surface area contributed by atoms with Crippen molar-refractivity contribution in [2.45, 2.75) is 17.3 Å². The summed E-state index contributed by atoms with van der Waals surface area (Å²) < 4.78 is 38.3. The van der Waals surface area contributed by atoms with Crippen LogP contribution in [0.4, 0.5) is 18.9 Å². The van der Waals surface area contributed by atoms with Crippen molar-refractivity contribution in [3.05, 3.63) is 59.7 Å². The largest absolute Gasteiger partial charge is 0.446 e. The highest BCUT2D eigenvalue weighted by atomic mass is 32.2. The molecule has 1 heterocycles. The molecule has 0 aromatic heterocycles. The van der Waals surface area contributed by atoms with Gasteiger partial charge in [0, 0.05) is 42.3 Å². The average molecular weight is 408 g/mol. The van der Waals surface area contributed by atoms with Gasteiger partial charge in [-0.3, -0.25) is 9.59 Å². The van der Waals surface area contributed by atoms with E-state index in [1.807, 2.05) is 12.1 Å². The molecule has 1 aliphatic heterocycles. The highest BCUT2D eigenvalue weighted by Crippen LogP contribution is 2.38. The molecule has 0 aliphatic carbocycles. The second-order valence-electron chi connectivity index (χ2n) is 6.43. The summed E-state index contributed by atoms with van der Waals surface area (Å²) in [5, 5.41) is 0. The van der Waals surface area contributed by atoms with Gasteiger partial charge in [-0.05, 0) is 55.1 Å². The smallest absolute Gasteiger partial charge is 0.368 e. The number of anilines is 1. The second-order valence-corrected chi connectivity index (χ2v) is 7.53. The van der Waals surface area contributed by atoms with Gasteiger partial charge in [-0.15, -0.1) is 0 Å². The molecule has 0 bridgehead atoms. The first-order valence-electron chi connectivity index (χ1n) is 8.74. The van der Waals surface area contributed by atoms with Crippen LogP contribution in [0.1, 0.15) is 27.6 Å². The number of carbonyl (C=O) groups is 2. The minimum Gasteiger partial charge on any atom is -0.368 e. The number of hydrogen-bond acceptors (Lipinski definition) is 4. The van der Waals surface area contributed by atoms with E-state index in [9.17, 15) is 22.8 Å². The van der Waals surface area contributed by atoms with Crippen LogP contribution in [0.5, 0.6) is 0 Å². The summed E-state index contributed by atoms with van der Waals surface area (Å²) in [6.07, 6.45) is 0. The highest BCUT2D eigenvalue weighted by molar-refractivity contribution is 8.00. The van der Waals surface area contributed by atoms with E-state index in [1.54, 1.807) is 23.1 Å². The summed E-state index contributed by atoms with van der Waals surface area (Å²) in [6, 6.07) is 13.1. The maximum Gasteiger partial charge on any atom is 0.446 e. The van der Waals surface area contributed by atoms with Gasteiger partial charge in [-0.2, -0.15) is 13.2 Å². The average Bonchev–Trinajstić information content (AvgIpc) is 2.67. The summed E-state index contributed by atoms with van der Waals surface area (Å²) in [4.78, 5) is 27.7. The fourth-order valence-electron chi connectivity index (χ4n) is 3.10. The maximum absolute atomic E-state index is 12.8. The Balaban J connectivity index is 1.67. The van der Waals surface area contributed by atoms with Crippen LogP contribution in [0.25, 0.3) is 0 Å². The van der Waals surface area contributed by atoms with Crippen molar-refractivity contribution in [2.75, 3.05) is 31.1 Å². The number of Topliss-reactive ketones (excluding diaryl/α,β-unsaturated/α-hetero) is 1. The molecule has 1 saturated heterocycles. The third-order valence-electron chi connectivity index (χ3n) is 4.55. The SMILES string of the molecule is CC(=O)c1ccc(N2CCN(C(=O)c3ccccc3SC(F)(F)F)CC2)cc1. The summed E-state index contributed by atoms with van der Waals surface area (Å²) in [7, 11) is 0. The van der Waals surface area contributed by atoms with Crippen LogP contribution in [-0.4, -0.2) is 48.3 Å². The molecular formula is C20H19F3N2O2S. The van der Waals surface area contributed by atoms with Crippen LogP contribution in [-0.2, 0) is 0 Å². The van der Waals surface area contributed by atoms with Crippen molar-refractivity contribution in [3.8, 4) is 0 Å². The Morgan fingerprint density at radius 3 is 2.11 bits per heavy atom. The number of ketones is 1. The number of piperazine rings is 1. The van der Waals surface area contributed by atoms with Crippen LogP contribution in [0.2, 0.25) is 0 Å². The Morgan fingerprint density at radius 2 is 1.54 bits per heavy atom. The Kier molecular flexibility index (Phi) is 5.98. The predicted octanol–water partition coefficient (Wildman–Crippen LogP) is 4.46.